The zero-order valence-electron chi connectivity index (χ0n) is 14.8. The predicted octanol–water partition coefficient (Wildman–Crippen LogP) is 3.61. The number of carbonyl (C=O) groups excluding carboxylic acids is 1. The molecule has 0 bridgehead atoms. The second kappa shape index (κ2) is 9.14. The summed E-state index contributed by atoms with van der Waals surface area (Å²) >= 11 is 0. The Morgan fingerprint density at radius 1 is 1.08 bits per heavy atom. The van der Waals surface area contributed by atoms with Crippen molar-refractivity contribution in [2.24, 2.45) is 0 Å². The average Bonchev–Trinajstić information content (AvgIpc) is 2.67. The van der Waals surface area contributed by atoms with Crippen LogP contribution in [0.4, 0.5) is 0 Å². The van der Waals surface area contributed by atoms with Crippen molar-refractivity contribution in [3.8, 4) is 29.1 Å². The van der Waals surface area contributed by atoms with Crippen LogP contribution in [0.2, 0.25) is 0 Å². The molecule has 2 aromatic carbocycles. The Hall–Kier alpha value is -3.46. The van der Waals surface area contributed by atoms with Crippen LogP contribution < -0.4 is 18.9 Å². The second-order valence-electron chi connectivity index (χ2n) is 5.23. The van der Waals surface area contributed by atoms with Crippen molar-refractivity contribution >= 4 is 12.0 Å². The number of allylic oxidation sites excluding steroid dienone is 1. The first kappa shape index (κ1) is 18.9. The van der Waals surface area contributed by atoms with E-state index in [2.05, 4.69) is 0 Å². The van der Waals surface area contributed by atoms with Crippen LogP contribution in [0.1, 0.15) is 12.5 Å². The van der Waals surface area contributed by atoms with Crippen LogP contribution in [0.3, 0.4) is 0 Å². The van der Waals surface area contributed by atoms with Crippen molar-refractivity contribution < 1.29 is 23.7 Å². The van der Waals surface area contributed by atoms with Crippen LogP contribution in [0.25, 0.3) is 6.08 Å². The summed E-state index contributed by atoms with van der Waals surface area (Å²) in [5.41, 5.74) is 0.754. The molecule has 1 atom stereocenters. The van der Waals surface area contributed by atoms with Crippen molar-refractivity contribution in [3.05, 3.63) is 54.1 Å². The van der Waals surface area contributed by atoms with Crippen LogP contribution in [-0.2, 0) is 4.79 Å². The van der Waals surface area contributed by atoms with Gasteiger partial charge in [-0.25, -0.2) is 4.79 Å². The van der Waals surface area contributed by atoms with Crippen molar-refractivity contribution in [2.75, 3.05) is 14.2 Å². The van der Waals surface area contributed by atoms with E-state index in [1.54, 1.807) is 62.6 Å². The van der Waals surface area contributed by atoms with Gasteiger partial charge in [0.15, 0.2) is 17.6 Å². The Morgan fingerprint density at radius 2 is 1.85 bits per heavy atom. The zero-order valence-corrected chi connectivity index (χ0v) is 14.8. The van der Waals surface area contributed by atoms with E-state index in [-0.39, 0.29) is 5.75 Å². The van der Waals surface area contributed by atoms with Gasteiger partial charge in [0.25, 0.3) is 0 Å². The van der Waals surface area contributed by atoms with E-state index >= 15 is 0 Å². The molecular weight excluding hydrogens is 334 g/mol. The molecule has 0 spiro atoms. The Bertz CT molecular complexity index is 838. The van der Waals surface area contributed by atoms with E-state index in [1.807, 2.05) is 6.07 Å². The third kappa shape index (κ3) is 5.02. The number of benzene rings is 2. The highest BCUT2D eigenvalue weighted by Crippen LogP contribution is 2.29. The van der Waals surface area contributed by atoms with Crippen LogP contribution in [0.15, 0.2) is 48.5 Å². The Kier molecular flexibility index (Phi) is 6.63. The van der Waals surface area contributed by atoms with Crippen LogP contribution >= 0.6 is 0 Å². The maximum Gasteiger partial charge on any atom is 0.352 e. The number of ether oxygens (including phenoxy) is 4. The number of nitriles is 1. The lowest BCUT2D eigenvalue weighted by Gasteiger charge is -2.15. The average molecular weight is 353 g/mol. The summed E-state index contributed by atoms with van der Waals surface area (Å²) in [6.07, 6.45) is 2.15. The van der Waals surface area contributed by atoms with E-state index in [0.29, 0.717) is 17.2 Å². The normalized spacial score (nSPS) is 11.5. The van der Waals surface area contributed by atoms with Gasteiger partial charge < -0.3 is 18.9 Å². The highest BCUT2D eigenvalue weighted by Gasteiger charge is 2.19. The molecule has 26 heavy (non-hydrogen) atoms. The number of rotatable bonds is 7. The summed E-state index contributed by atoms with van der Waals surface area (Å²) in [4.78, 5) is 12.3. The van der Waals surface area contributed by atoms with Gasteiger partial charge in [-0.2, -0.15) is 5.26 Å². The Morgan fingerprint density at radius 3 is 2.54 bits per heavy atom. The van der Waals surface area contributed by atoms with Gasteiger partial charge in [-0.05, 0) is 42.8 Å². The summed E-state index contributed by atoms with van der Waals surface area (Å²) in [6.45, 7) is 1.60. The third-order valence-electron chi connectivity index (χ3n) is 3.43. The predicted molar refractivity (Wildman–Crippen MR) is 96.4 cm³/mol. The minimum absolute atomic E-state index is 0.271. The first-order valence-corrected chi connectivity index (χ1v) is 7.84. The van der Waals surface area contributed by atoms with E-state index < -0.39 is 12.1 Å². The molecule has 1 unspecified atom stereocenters. The topological polar surface area (TPSA) is 77.8 Å². The van der Waals surface area contributed by atoms with Crippen LogP contribution in [0, 0.1) is 11.3 Å². The van der Waals surface area contributed by atoms with Gasteiger partial charge in [-0.15, -0.1) is 0 Å². The highest BCUT2D eigenvalue weighted by atomic mass is 16.6. The van der Waals surface area contributed by atoms with Gasteiger partial charge in [0.2, 0.25) is 0 Å². The van der Waals surface area contributed by atoms with E-state index in [1.165, 1.54) is 13.2 Å². The first-order valence-electron chi connectivity index (χ1n) is 7.84. The molecule has 6 heteroatoms. The standard InChI is InChI=1S/C20H19NO5/c1-14(25-17-8-4-7-16(13-17)23-2)20(22)26-18-10-9-15(6-5-11-21)12-19(18)24-3/h4-10,12-14H,1-3H3/b6-5-. The monoisotopic (exact) mass is 353 g/mol. The molecule has 0 N–H and O–H groups in total. The molecule has 2 rings (SSSR count). The Balaban J connectivity index is 2.08. The van der Waals surface area contributed by atoms with Gasteiger partial charge in [0, 0.05) is 12.1 Å². The summed E-state index contributed by atoms with van der Waals surface area (Å²) in [5, 5.41) is 8.58. The molecule has 0 fully saturated rings. The zero-order chi connectivity index (χ0) is 18.9. The fraction of sp³-hybridized carbons (Fsp3) is 0.200. The lowest BCUT2D eigenvalue weighted by molar-refractivity contribution is -0.141. The van der Waals surface area contributed by atoms with Crippen LogP contribution in [0.5, 0.6) is 23.0 Å². The van der Waals surface area contributed by atoms with Gasteiger partial charge in [0.1, 0.15) is 11.5 Å². The second-order valence-corrected chi connectivity index (χ2v) is 5.23. The largest absolute Gasteiger partial charge is 0.497 e. The molecule has 0 aliphatic carbocycles. The molecular formula is C20H19NO5. The van der Waals surface area contributed by atoms with E-state index in [0.717, 1.165) is 5.56 Å². The van der Waals surface area contributed by atoms with Gasteiger partial charge in [-0.1, -0.05) is 12.1 Å². The summed E-state index contributed by atoms with van der Waals surface area (Å²) in [5.74, 6) is 1.22. The molecule has 0 saturated carbocycles. The SMILES string of the molecule is COc1cccc(OC(C)C(=O)Oc2ccc(/C=C\C#N)cc2OC)c1. The molecule has 0 amide bonds. The summed E-state index contributed by atoms with van der Waals surface area (Å²) in [7, 11) is 3.03. The summed E-state index contributed by atoms with van der Waals surface area (Å²) in [6, 6.07) is 13.9. The van der Waals surface area contributed by atoms with Gasteiger partial charge >= 0.3 is 5.97 Å². The Labute approximate surface area is 152 Å². The number of nitrogens with zero attached hydrogens (tertiary/aromatic N) is 1. The quantitative estimate of drug-likeness (QED) is 0.430. The molecule has 6 nitrogen and oxygen atoms in total. The number of carbonyl (C=O) groups is 1. The molecule has 0 radical (unpaired) electrons. The number of hydrogen-bond donors (Lipinski definition) is 0. The van der Waals surface area contributed by atoms with Gasteiger partial charge in [-0.3, -0.25) is 0 Å². The number of hydrogen-bond acceptors (Lipinski definition) is 6. The highest BCUT2D eigenvalue weighted by molar-refractivity contribution is 5.78. The van der Waals surface area contributed by atoms with Gasteiger partial charge in [0.05, 0.1) is 20.3 Å². The third-order valence-corrected chi connectivity index (χ3v) is 3.43. The lowest BCUT2D eigenvalue weighted by Crippen LogP contribution is -2.28. The number of methoxy groups -OCH3 is 2. The lowest BCUT2D eigenvalue weighted by atomic mass is 10.2. The maximum absolute atomic E-state index is 12.3. The van der Waals surface area contributed by atoms with Crippen molar-refractivity contribution in [1.29, 1.82) is 5.26 Å². The summed E-state index contributed by atoms with van der Waals surface area (Å²) < 4.78 is 21.3. The molecule has 0 aliphatic heterocycles. The van der Waals surface area contributed by atoms with Crippen molar-refractivity contribution in [1.82, 2.24) is 0 Å². The van der Waals surface area contributed by atoms with Crippen LogP contribution in [-0.4, -0.2) is 26.3 Å². The maximum atomic E-state index is 12.3. The van der Waals surface area contributed by atoms with Crippen molar-refractivity contribution in [3.63, 3.8) is 0 Å². The fourth-order valence-corrected chi connectivity index (χ4v) is 2.12. The minimum atomic E-state index is -0.829. The molecule has 134 valence electrons. The smallest absolute Gasteiger partial charge is 0.352 e. The van der Waals surface area contributed by atoms with E-state index in [4.69, 9.17) is 24.2 Å². The number of esters is 1. The first-order chi connectivity index (χ1) is 12.6. The molecule has 0 saturated heterocycles. The molecule has 0 aliphatic rings. The molecule has 2 aromatic rings. The fourth-order valence-electron chi connectivity index (χ4n) is 2.12. The molecule has 0 heterocycles. The molecule has 0 aromatic heterocycles. The van der Waals surface area contributed by atoms with E-state index in [9.17, 15) is 4.79 Å². The minimum Gasteiger partial charge on any atom is -0.497 e. The van der Waals surface area contributed by atoms with Crippen molar-refractivity contribution in [2.45, 2.75) is 13.0 Å².